The number of sulfonamides is 1. The average molecular weight is 497 g/mol. The van der Waals surface area contributed by atoms with Gasteiger partial charge in [0.2, 0.25) is 10.0 Å². The molecule has 34 heavy (non-hydrogen) atoms. The summed E-state index contributed by atoms with van der Waals surface area (Å²) in [5.41, 5.74) is 0.676. The molecule has 2 heterocycles. The second-order valence-corrected chi connectivity index (χ2v) is 10.4. The van der Waals surface area contributed by atoms with Crippen molar-refractivity contribution in [1.29, 1.82) is 0 Å². The highest BCUT2D eigenvalue weighted by Gasteiger charge is 2.27. The number of rotatable bonds is 8. The molecule has 4 rings (SSSR count). The number of nitro groups is 1. The van der Waals surface area contributed by atoms with E-state index in [1.807, 2.05) is 0 Å². The summed E-state index contributed by atoms with van der Waals surface area (Å²) in [6.45, 7) is 1.01. The normalized spacial score (nSPS) is 14.5. The van der Waals surface area contributed by atoms with E-state index in [0.29, 0.717) is 34.3 Å². The van der Waals surface area contributed by atoms with E-state index in [9.17, 15) is 23.3 Å². The summed E-state index contributed by atoms with van der Waals surface area (Å²) in [4.78, 5) is 32.3. The van der Waals surface area contributed by atoms with Gasteiger partial charge in [-0.3, -0.25) is 14.9 Å². The van der Waals surface area contributed by atoms with E-state index < -0.39 is 14.9 Å². The third-order valence-corrected chi connectivity index (χ3v) is 8.06. The van der Waals surface area contributed by atoms with Gasteiger partial charge in [-0.1, -0.05) is 12.1 Å². The van der Waals surface area contributed by atoms with Crippen molar-refractivity contribution in [3.63, 3.8) is 0 Å². The predicted octanol–water partition coefficient (Wildman–Crippen LogP) is 4.22. The summed E-state index contributed by atoms with van der Waals surface area (Å²) in [5, 5.41) is 11.9. The molecule has 0 N–H and O–H groups in total. The van der Waals surface area contributed by atoms with E-state index in [2.05, 4.69) is 9.97 Å². The van der Waals surface area contributed by atoms with Gasteiger partial charge in [0, 0.05) is 37.1 Å². The number of aromatic nitrogens is 2. The highest BCUT2D eigenvalue weighted by Crippen LogP contribution is 2.33. The Labute approximate surface area is 200 Å². The number of benzene rings is 2. The van der Waals surface area contributed by atoms with Gasteiger partial charge < -0.3 is 0 Å². The molecule has 3 aromatic rings. The fourth-order valence-electron chi connectivity index (χ4n) is 3.44. The lowest BCUT2D eigenvalue weighted by atomic mass is 10.1. The van der Waals surface area contributed by atoms with Crippen LogP contribution in [0.4, 0.5) is 5.69 Å². The molecule has 0 aliphatic carbocycles. The SMILES string of the molecule is O=C(/C=C/c1ccc(Sc2ncccn2)c([N+](=O)[O-])c1)c1ccc(S(=O)(=O)N2CCCC2)cc1. The summed E-state index contributed by atoms with van der Waals surface area (Å²) in [7, 11) is -3.55. The largest absolute Gasteiger partial charge is 0.289 e. The Kier molecular flexibility index (Phi) is 7.15. The standard InChI is InChI=1S/C23H20N4O5S2/c28-21(18-6-8-19(9-7-18)34(31,32)26-14-1-2-15-26)10-4-17-5-11-22(20(16-17)27(29)30)33-23-24-12-3-13-25-23/h3-13,16H,1-2,14-15H2/b10-4+. The van der Waals surface area contributed by atoms with Crippen molar-refractivity contribution >= 4 is 39.3 Å². The van der Waals surface area contributed by atoms with Gasteiger partial charge in [-0.2, -0.15) is 4.31 Å². The summed E-state index contributed by atoms with van der Waals surface area (Å²) in [5.74, 6) is -0.344. The molecule has 2 aromatic carbocycles. The van der Waals surface area contributed by atoms with Crippen LogP contribution in [0, 0.1) is 10.1 Å². The van der Waals surface area contributed by atoms with Crippen molar-refractivity contribution in [2.75, 3.05) is 13.1 Å². The van der Waals surface area contributed by atoms with Gasteiger partial charge in [0.15, 0.2) is 10.9 Å². The first-order valence-corrected chi connectivity index (χ1v) is 12.7. The van der Waals surface area contributed by atoms with Crippen molar-refractivity contribution in [1.82, 2.24) is 14.3 Å². The molecule has 0 radical (unpaired) electrons. The van der Waals surface area contributed by atoms with Crippen molar-refractivity contribution in [2.45, 2.75) is 27.8 Å². The molecule has 1 aliphatic heterocycles. The minimum atomic E-state index is -3.55. The van der Waals surface area contributed by atoms with Crippen LogP contribution >= 0.6 is 11.8 Å². The maximum absolute atomic E-state index is 12.6. The zero-order chi connectivity index (χ0) is 24.1. The molecule has 0 unspecified atom stereocenters. The fourth-order valence-corrected chi connectivity index (χ4v) is 5.76. The van der Waals surface area contributed by atoms with Crippen LogP contribution in [0.2, 0.25) is 0 Å². The van der Waals surface area contributed by atoms with Crippen LogP contribution in [-0.4, -0.2) is 46.5 Å². The summed E-state index contributed by atoms with van der Waals surface area (Å²) < 4.78 is 26.7. The molecule has 1 fully saturated rings. The molecule has 0 saturated carbocycles. The van der Waals surface area contributed by atoms with Crippen LogP contribution < -0.4 is 0 Å². The van der Waals surface area contributed by atoms with Gasteiger partial charge in [-0.05, 0) is 72.6 Å². The smallest absolute Gasteiger partial charge is 0.283 e. The Hall–Kier alpha value is -3.41. The van der Waals surface area contributed by atoms with E-state index in [0.717, 1.165) is 24.6 Å². The number of allylic oxidation sites excluding steroid dienone is 1. The van der Waals surface area contributed by atoms with Crippen LogP contribution in [0.5, 0.6) is 0 Å². The van der Waals surface area contributed by atoms with Crippen LogP contribution in [0.25, 0.3) is 6.08 Å². The molecular weight excluding hydrogens is 476 g/mol. The van der Waals surface area contributed by atoms with Crippen LogP contribution in [0.1, 0.15) is 28.8 Å². The molecule has 1 aliphatic rings. The zero-order valence-corrected chi connectivity index (χ0v) is 19.5. The number of carbonyl (C=O) groups excluding carboxylic acids is 1. The number of ketones is 1. The molecule has 0 atom stereocenters. The molecular formula is C23H20N4O5S2. The first kappa shape index (κ1) is 23.7. The van der Waals surface area contributed by atoms with Gasteiger partial charge in [0.1, 0.15) is 0 Å². The van der Waals surface area contributed by atoms with Gasteiger partial charge in [0.05, 0.1) is 14.7 Å². The maximum Gasteiger partial charge on any atom is 0.283 e. The number of hydrogen-bond donors (Lipinski definition) is 0. The molecule has 9 nitrogen and oxygen atoms in total. The summed E-state index contributed by atoms with van der Waals surface area (Å²) in [6.07, 6.45) is 7.58. The average Bonchev–Trinajstić information content (AvgIpc) is 3.40. The molecule has 1 saturated heterocycles. The minimum Gasteiger partial charge on any atom is -0.289 e. The highest BCUT2D eigenvalue weighted by molar-refractivity contribution is 7.99. The molecule has 1 aromatic heterocycles. The topological polar surface area (TPSA) is 123 Å². The highest BCUT2D eigenvalue weighted by atomic mass is 32.2. The van der Waals surface area contributed by atoms with Crippen molar-refractivity contribution in [2.24, 2.45) is 0 Å². The quantitative estimate of drug-likeness (QED) is 0.149. The molecule has 0 spiro atoms. The molecule has 0 amide bonds. The van der Waals surface area contributed by atoms with Gasteiger partial charge in [0.25, 0.3) is 5.69 Å². The summed E-state index contributed by atoms with van der Waals surface area (Å²) in [6, 6.07) is 12.1. The fraction of sp³-hybridized carbons (Fsp3) is 0.174. The number of nitro benzene ring substituents is 1. The monoisotopic (exact) mass is 496 g/mol. The van der Waals surface area contributed by atoms with E-state index in [-0.39, 0.29) is 16.4 Å². The van der Waals surface area contributed by atoms with Gasteiger partial charge in [-0.15, -0.1) is 0 Å². The third kappa shape index (κ3) is 5.38. The lowest BCUT2D eigenvalue weighted by molar-refractivity contribution is -0.387. The Balaban J connectivity index is 1.49. The van der Waals surface area contributed by atoms with Crippen LogP contribution in [-0.2, 0) is 10.0 Å². The van der Waals surface area contributed by atoms with Gasteiger partial charge >= 0.3 is 0 Å². The lowest BCUT2D eigenvalue weighted by Gasteiger charge is -2.15. The zero-order valence-electron chi connectivity index (χ0n) is 17.9. The molecule has 174 valence electrons. The second-order valence-electron chi connectivity index (χ2n) is 7.45. The second kappa shape index (κ2) is 10.2. The third-order valence-electron chi connectivity index (χ3n) is 5.19. The molecule has 11 heteroatoms. The Morgan fingerprint density at radius 1 is 1.06 bits per heavy atom. The lowest BCUT2D eigenvalue weighted by Crippen LogP contribution is -2.27. The van der Waals surface area contributed by atoms with Crippen molar-refractivity contribution < 1.29 is 18.1 Å². The minimum absolute atomic E-state index is 0.122. The van der Waals surface area contributed by atoms with E-state index in [4.69, 9.17) is 0 Å². The Morgan fingerprint density at radius 2 is 1.74 bits per heavy atom. The molecule has 0 bridgehead atoms. The maximum atomic E-state index is 12.6. The summed E-state index contributed by atoms with van der Waals surface area (Å²) >= 11 is 1.08. The van der Waals surface area contributed by atoms with E-state index in [1.165, 1.54) is 46.8 Å². The van der Waals surface area contributed by atoms with Crippen molar-refractivity contribution in [3.8, 4) is 0 Å². The van der Waals surface area contributed by atoms with E-state index in [1.54, 1.807) is 30.6 Å². The number of carbonyl (C=O) groups is 1. The van der Waals surface area contributed by atoms with Crippen LogP contribution in [0.15, 0.2) is 81.9 Å². The first-order chi connectivity index (χ1) is 16.3. The van der Waals surface area contributed by atoms with Gasteiger partial charge in [-0.25, -0.2) is 18.4 Å². The number of nitrogens with zero attached hydrogens (tertiary/aromatic N) is 4. The first-order valence-electron chi connectivity index (χ1n) is 10.4. The predicted molar refractivity (Wildman–Crippen MR) is 127 cm³/mol. The van der Waals surface area contributed by atoms with E-state index >= 15 is 0 Å². The Morgan fingerprint density at radius 3 is 2.38 bits per heavy atom. The Bertz CT molecular complexity index is 1340. The van der Waals surface area contributed by atoms with Crippen LogP contribution in [0.3, 0.4) is 0 Å². The number of hydrogen-bond acceptors (Lipinski definition) is 8. The van der Waals surface area contributed by atoms with Crippen molar-refractivity contribution in [3.05, 3.63) is 88.2 Å².